The minimum atomic E-state index is 0.235. The molecule has 0 fully saturated rings. The van der Waals surface area contributed by atoms with Crippen LogP contribution in [0, 0.1) is 13.8 Å². The van der Waals surface area contributed by atoms with Crippen molar-refractivity contribution in [1.29, 1.82) is 0 Å². The number of phenols is 2. The van der Waals surface area contributed by atoms with Crippen molar-refractivity contribution in [2.24, 2.45) is 0 Å². The van der Waals surface area contributed by atoms with Crippen molar-refractivity contribution < 1.29 is 10.2 Å². The molecule has 2 aromatic carbocycles. The van der Waals surface area contributed by atoms with Gasteiger partial charge < -0.3 is 10.2 Å². The monoisotopic (exact) mass is 434 g/mol. The Morgan fingerprint density at radius 1 is 0.688 bits per heavy atom. The van der Waals surface area contributed by atoms with Gasteiger partial charge in [0, 0.05) is 11.1 Å². The molecule has 0 radical (unpaired) electrons. The van der Waals surface area contributed by atoms with Crippen LogP contribution in [0.25, 0.3) is 11.1 Å². The molecule has 2 heteroatoms. The fraction of sp³-hybridized carbons (Fsp3) is 0.467. The number of rotatable bonds is 9. The van der Waals surface area contributed by atoms with Crippen molar-refractivity contribution >= 4 is 0 Å². The summed E-state index contributed by atoms with van der Waals surface area (Å²) in [6, 6.07) is 8.23. The lowest BCUT2D eigenvalue weighted by molar-refractivity contribution is 0.454. The minimum Gasteiger partial charge on any atom is -0.507 e. The van der Waals surface area contributed by atoms with Gasteiger partial charge in [0.15, 0.2) is 0 Å². The lowest BCUT2D eigenvalue weighted by Crippen LogP contribution is -2.00. The second-order valence-corrected chi connectivity index (χ2v) is 9.91. The number of benzene rings is 2. The maximum absolute atomic E-state index is 11.3. The summed E-state index contributed by atoms with van der Waals surface area (Å²) in [5.74, 6) is 1.09. The second-order valence-electron chi connectivity index (χ2n) is 9.91. The molecule has 2 aromatic rings. The normalized spacial score (nSPS) is 12.9. The molecule has 2 atom stereocenters. The zero-order valence-electron chi connectivity index (χ0n) is 21.3. The van der Waals surface area contributed by atoms with Gasteiger partial charge in [-0.3, -0.25) is 0 Å². The molecule has 2 unspecified atom stereocenters. The van der Waals surface area contributed by atoms with Crippen LogP contribution in [0.15, 0.2) is 47.6 Å². The first kappa shape index (κ1) is 25.8. The number of hydrogen-bond donors (Lipinski definition) is 2. The fourth-order valence-corrected chi connectivity index (χ4v) is 4.40. The Kier molecular flexibility index (Phi) is 9.19. The van der Waals surface area contributed by atoms with Gasteiger partial charge in [-0.2, -0.15) is 0 Å². The van der Waals surface area contributed by atoms with Gasteiger partial charge in [-0.15, -0.1) is 0 Å². The summed E-state index contributed by atoms with van der Waals surface area (Å²) in [5.41, 5.74) is 8.05. The number of phenolic OH excluding ortho intramolecular Hbond substituents is 2. The average molecular weight is 435 g/mol. The van der Waals surface area contributed by atoms with Crippen molar-refractivity contribution in [3.63, 3.8) is 0 Å². The topological polar surface area (TPSA) is 40.5 Å². The lowest BCUT2D eigenvalue weighted by atomic mass is 9.85. The fourth-order valence-electron chi connectivity index (χ4n) is 4.40. The van der Waals surface area contributed by atoms with Crippen LogP contribution in [-0.4, -0.2) is 10.2 Å². The average Bonchev–Trinajstić information content (AvgIpc) is 2.69. The molecule has 0 heterocycles. The molecule has 0 bridgehead atoms. The van der Waals surface area contributed by atoms with Crippen molar-refractivity contribution in [3.05, 3.63) is 69.8 Å². The highest BCUT2D eigenvalue weighted by molar-refractivity contribution is 5.83. The molecule has 0 aromatic heterocycles. The van der Waals surface area contributed by atoms with Crippen LogP contribution in [0.1, 0.15) is 101 Å². The summed E-state index contributed by atoms with van der Waals surface area (Å²) < 4.78 is 0. The summed E-state index contributed by atoms with van der Waals surface area (Å²) in [6.07, 6.45) is 8.45. The Labute approximate surface area is 195 Å². The molecular weight excluding hydrogens is 392 g/mol. The Morgan fingerprint density at radius 3 is 1.34 bits per heavy atom. The summed E-state index contributed by atoms with van der Waals surface area (Å²) in [7, 11) is 0. The zero-order chi connectivity index (χ0) is 24.0. The minimum absolute atomic E-state index is 0.235. The molecule has 0 saturated carbocycles. The number of hydrogen-bond acceptors (Lipinski definition) is 2. The zero-order valence-corrected chi connectivity index (χ0v) is 21.3. The van der Waals surface area contributed by atoms with Crippen LogP contribution in [0.2, 0.25) is 0 Å². The van der Waals surface area contributed by atoms with Crippen LogP contribution < -0.4 is 0 Å². The Morgan fingerprint density at radius 2 is 1.03 bits per heavy atom. The number of aryl methyl sites for hydroxylation is 2. The van der Waals surface area contributed by atoms with Gasteiger partial charge in [0.05, 0.1) is 0 Å². The van der Waals surface area contributed by atoms with Gasteiger partial charge in [-0.25, -0.2) is 0 Å². The molecule has 2 nitrogen and oxygen atoms in total. The number of aromatic hydroxyl groups is 2. The lowest BCUT2D eigenvalue weighted by Gasteiger charge is -2.22. The summed E-state index contributed by atoms with van der Waals surface area (Å²) in [5, 5.41) is 22.7. The molecule has 0 spiro atoms. The molecule has 0 aliphatic rings. The quantitative estimate of drug-likeness (QED) is 0.386. The first-order valence-electron chi connectivity index (χ1n) is 12.0. The third-order valence-electron chi connectivity index (χ3n) is 6.45. The van der Waals surface area contributed by atoms with E-state index in [4.69, 9.17) is 0 Å². The van der Waals surface area contributed by atoms with Crippen molar-refractivity contribution in [3.8, 4) is 22.6 Å². The smallest absolute Gasteiger partial charge is 0.127 e. The number of allylic oxidation sites excluding steroid dienone is 4. The highest BCUT2D eigenvalue weighted by atomic mass is 16.3. The highest BCUT2D eigenvalue weighted by Gasteiger charge is 2.23. The van der Waals surface area contributed by atoms with Crippen molar-refractivity contribution in [2.75, 3.05) is 0 Å². The maximum Gasteiger partial charge on any atom is 0.127 e. The van der Waals surface area contributed by atoms with Crippen molar-refractivity contribution in [1.82, 2.24) is 0 Å². The van der Waals surface area contributed by atoms with E-state index in [0.29, 0.717) is 11.5 Å². The largest absolute Gasteiger partial charge is 0.507 e. The van der Waals surface area contributed by atoms with Crippen LogP contribution in [-0.2, 0) is 0 Å². The molecule has 0 saturated heterocycles. The first-order valence-corrected chi connectivity index (χ1v) is 12.0. The van der Waals surface area contributed by atoms with Crippen LogP contribution in [0.5, 0.6) is 11.5 Å². The standard InChI is InChI=1S/C30H42O2/c1-19(2)11-9-13-21(5)25-17-15-23(7)27(29(25)31)28-24(8)16-18-26(30(28)32)22(6)14-10-12-20(3)4/h11-12,15-18,21-22,31-32H,9-10,13-14H2,1-8H3. The summed E-state index contributed by atoms with van der Waals surface area (Å²) in [6.45, 7) is 16.8. The third-order valence-corrected chi connectivity index (χ3v) is 6.45. The Balaban J connectivity index is 2.48. The van der Waals surface area contributed by atoms with Gasteiger partial charge in [0.2, 0.25) is 0 Å². The van der Waals surface area contributed by atoms with E-state index in [0.717, 1.165) is 59.1 Å². The molecule has 174 valence electrons. The summed E-state index contributed by atoms with van der Waals surface area (Å²) >= 11 is 0. The molecule has 0 aliphatic heterocycles. The predicted molar refractivity (Wildman–Crippen MR) is 139 cm³/mol. The molecule has 0 amide bonds. The van der Waals surface area contributed by atoms with E-state index in [1.54, 1.807) is 0 Å². The second kappa shape index (κ2) is 11.4. The van der Waals surface area contributed by atoms with E-state index in [-0.39, 0.29) is 11.8 Å². The van der Waals surface area contributed by atoms with Gasteiger partial charge in [0.1, 0.15) is 11.5 Å². The maximum atomic E-state index is 11.3. The van der Waals surface area contributed by atoms with E-state index >= 15 is 0 Å². The molecule has 0 aliphatic carbocycles. The van der Waals surface area contributed by atoms with Gasteiger partial charge >= 0.3 is 0 Å². The van der Waals surface area contributed by atoms with Crippen molar-refractivity contribution in [2.45, 2.75) is 92.9 Å². The Hall–Kier alpha value is -2.48. The van der Waals surface area contributed by atoms with E-state index in [2.05, 4.69) is 65.8 Å². The Bertz CT molecular complexity index is 905. The third kappa shape index (κ3) is 6.28. The predicted octanol–water partition coefficient (Wildman–Crippen LogP) is 9.08. The molecule has 32 heavy (non-hydrogen) atoms. The molecule has 2 N–H and O–H groups in total. The highest BCUT2D eigenvalue weighted by Crippen LogP contribution is 2.46. The van der Waals surface area contributed by atoms with Gasteiger partial charge in [-0.05, 0) is 101 Å². The first-order chi connectivity index (χ1) is 15.0. The van der Waals surface area contributed by atoms with E-state index in [1.807, 2.05) is 26.0 Å². The van der Waals surface area contributed by atoms with E-state index in [9.17, 15) is 10.2 Å². The van der Waals surface area contributed by atoms with E-state index < -0.39 is 0 Å². The van der Waals surface area contributed by atoms with Crippen LogP contribution >= 0.6 is 0 Å². The molecular formula is C30H42O2. The summed E-state index contributed by atoms with van der Waals surface area (Å²) in [4.78, 5) is 0. The van der Waals surface area contributed by atoms with Gasteiger partial charge in [-0.1, -0.05) is 61.4 Å². The van der Waals surface area contributed by atoms with E-state index in [1.165, 1.54) is 11.1 Å². The van der Waals surface area contributed by atoms with Crippen LogP contribution in [0.3, 0.4) is 0 Å². The van der Waals surface area contributed by atoms with Gasteiger partial charge in [0.25, 0.3) is 0 Å². The SMILES string of the molecule is CC(C)=CCCC(C)c1ccc(C)c(-c2c(C)ccc(C(C)CCC=C(C)C)c2O)c1O. The molecule has 2 rings (SSSR count). The van der Waals surface area contributed by atoms with Crippen LogP contribution in [0.4, 0.5) is 0 Å².